The van der Waals surface area contributed by atoms with E-state index >= 15 is 0 Å². The summed E-state index contributed by atoms with van der Waals surface area (Å²) in [6.07, 6.45) is -2.28. The lowest BCUT2D eigenvalue weighted by molar-refractivity contribution is -0.183. The summed E-state index contributed by atoms with van der Waals surface area (Å²) >= 11 is 0. The Kier molecular flexibility index (Phi) is 8.95. The molecule has 13 heteroatoms. The first kappa shape index (κ1) is 30.0. The van der Waals surface area contributed by atoms with Crippen molar-refractivity contribution in [1.29, 1.82) is 0 Å². The lowest BCUT2D eigenvalue weighted by atomic mass is 10.1. The number of halogens is 4. The number of anilines is 1. The van der Waals surface area contributed by atoms with Crippen LogP contribution in [-0.4, -0.2) is 64.7 Å². The summed E-state index contributed by atoms with van der Waals surface area (Å²) in [6.45, 7) is 7.37. The molecule has 9 nitrogen and oxygen atoms in total. The fourth-order valence-electron chi connectivity index (χ4n) is 4.50. The van der Waals surface area contributed by atoms with E-state index in [1.807, 2.05) is 0 Å². The number of aromatic nitrogens is 2. The third kappa shape index (κ3) is 8.03. The summed E-state index contributed by atoms with van der Waals surface area (Å²) in [5.74, 6) is -0.142. The number of carbonyl (C=O) groups excluding carboxylic acids is 1. The van der Waals surface area contributed by atoms with E-state index in [0.717, 1.165) is 6.20 Å². The second-order valence-electron chi connectivity index (χ2n) is 10.6. The summed E-state index contributed by atoms with van der Waals surface area (Å²) in [6, 6.07) is 6.59. The van der Waals surface area contributed by atoms with Gasteiger partial charge in [0, 0.05) is 36.8 Å². The van der Waals surface area contributed by atoms with Crippen LogP contribution in [0.1, 0.15) is 51.4 Å². The monoisotopic (exact) mass is 576 g/mol. The quantitative estimate of drug-likeness (QED) is 0.198. The number of alkyl carbamates (subject to hydrolysis) is 1. The first-order valence-electron chi connectivity index (χ1n) is 13.1. The second-order valence-corrected chi connectivity index (χ2v) is 10.6. The Bertz CT molecular complexity index is 1390. The molecule has 220 valence electrons. The number of fused-ring (bicyclic) bond motifs is 1. The average molecular weight is 577 g/mol. The number of likely N-dealkylation sites (tertiary alicyclic amines) is 1. The highest BCUT2D eigenvalue weighted by atomic mass is 19.4. The Morgan fingerprint density at radius 1 is 1.22 bits per heavy atom. The maximum atomic E-state index is 14.1. The third-order valence-electron chi connectivity index (χ3n) is 6.16. The number of hydrogen-bond donors (Lipinski definition) is 2. The molecule has 0 saturated carbocycles. The maximum absolute atomic E-state index is 14.1. The molecule has 1 aliphatic rings. The molecule has 41 heavy (non-hydrogen) atoms. The van der Waals surface area contributed by atoms with Crippen molar-refractivity contribution < 1.29 is 31.8 Å². The zero-order valence-electron chi connectivity index (χ0n) is 23.1. The minimum absolute atomic E-state index is 0.0190. The summed E-state index contributed by atoms with van der Waals surface area (Å²) < 4.78 is 66.9. The largest absolute Gasteiger partial charge is 0.491 e. The molecule has 0 unspecified atom stereocenters. The van der Waals surface area contributed by atoms with E-state index in [1.54, 1.807) is 39.8 Å². The molecule has 1 fully saturated rings. The minimum atomic E-state index is -4.55. The Labute approximate surface area is 234 Å². The number of ether oxygens (including phenoxy) is 2. The van der Waals surface area contributed by atoms with Crippen LogP contribution in [0.2, 0.25) is 0 Å². The second kappa shape index (κ2) is 12.2. The van der Waals surface area contributed by atoms with Crippen LogP contribution in [0.25, 0.3) is 10.9 Å². The van der Waals surface area contributed by atoms with E-state index in [0.29, 0.717) is 29.6 Å². The number of rotatable bonds is 8. The summed E-state index contributed by atoms with van der Waals surface area (Å²) in [7, 11) is 0. The van der Waals surface area contributed by atoms with Crippen LogP contribution < -0.4 is 15.5 Å². The number of hydrazone groups is 1. The highest BCUT2D eigenvalue weighted by Gasteiger charge is 2.47. The molecule has 3 aromatic rings. The molecule has 0 spiro atoms. The highest BCUT2D eigenvalue weighted by Crippen LogP contribution is 2.39. The Hall–Kier alpha value is -4.00. The van der Waals surface area contributed by atoms with Crippen LogP contribution in [0.4, 0.5) is 28.2 Å². The van der Waals surface area contributed by atoms with Crippen LogP contribution >= 0.6 is 0 Å². The van der Waals surface area contributed by atoms with E-state index < -0.39 is 35.8 Å². The highest BCUT2D eigenvalue weighted by molar-refractivity contribution is 5.86. The van der Waals surface area contributed by atoms with Gasteiger partial charge in [-0.05, 0) is 57.9 Å². The molecule has 1 amide bonds. The van der Waals surface area contributed by atoms with E-state index in [4.69, 9.17) is 9.47 Å². The SMILES string of the molecule is CCOc1cc2nc(/C=N\Nc3ccc([C@@H](N4CC[C@H](NC(=O)OC(C)(C)C)C4)C(F)(F)F)cn3)ccc2cc1F. The van der Waals surface area contributed by atoms with Crippen molar-refractivity contribution in [2.24, 2.45) is 5.10 Å². The number of nitrogens with one attached hydrogen (secondary N) is 2. The third-order valence-corrected chi connectivity index (χ3v) is 6.16. The number of pyridine rings is 2. The van der Waals surface area contributed by atoms with Crippen molar-refractivity contribution >= 4 is 29.0 Å². The Morgan fingerprint density at radius 3 is 2.66 bits per heavy atom. The predicted octanol–water partition coefficient (Wildman–Crippen LogP) is 5.82. The van der Waals surface area contributed by atoms with Crippen molar-refractivity contribution in [3.05, 3.63) is 59.7 Å². The van der Waals surface area contributed by atoms with Gasteiger partial charge in [-0.25, -0.2) is 19.2 Å². The number of hydrogen-bond acceptors (Lipinski definition) is 8. The van der Waals surface area contributed by atoms with Crippen LogP contribution in [0.15, 0.2) is 47.7 Å². The molecule has 1 saturated heterocycles. The van der Waals surface area contributed by atoms with Crippen LogP contribution in [0.3, 0.4) is 0 Å². The number of benzene rings is 1. The standard InChI is InChI=1S/C28H32F4N6O3/c1-5-40-23-13-22-17(12-21(23)29)6-8-19(35-22)15-34-37-24-9-7-18(14-33-24)25(28(30,31)32)38-11-10-20(16-38)36-26(39)41-27(2,3)4/h6-9,12-15,20,25H,5,10-11,16H2,1-4H3,(H,33,37)(H,36,39)/b34-15-/t20-,25+/m0/s1. The van der Waals surface area contributed by atoms with Crippen molar-refractivity contribution in [2.75, 3.05) is 25.1 Å². The smallest absolute Gasteiger partial charge is 0.408 e. The van der Waals surface area contributed by atoms with Gasteiger partial charge < -0.3 is 14.8 Å². The van der Waals surface area contributed by atoms with E-state index in [1.165, 1.54) is 35.4 Å². The van der Waals surface area contributed by atoms with E-state index in [-0.39, 0.29) is 30.2 Å². The minimum Gasteiger partial charge on any atom is -0.491 e. The Balaban J connectivity index is 1.40. The molecule has 3 heterocycles. The molecular weight excluding hydrogens is 544 g/mol. The van der Waals surface area contributed by atoms with Crippen LogP contribution in [0, 0.1) is 5.82 Å². The molecule has 2 aromatic heterocycles. The molecular formula is C28H32F4N6O3. The van der Waals surface area contributed by atoms with Crippen LogP contribution in [-0.2, 0) is 4.74 Å². The molecule has 2 N–H and O–H groups in total. The van der Waals surface area contributed by atoms with Crippen molar-refractivity contribution in [3.63, 3.8) is 0 Å². The number of alkyl halides is 3. The predicted molar refractivity (Wildman–Crippen MR) is 146 cm³/mol. The topological polar surface area (TPSA) is 101 Å². The van der Waals surface area contributed by atoms with Gasteiger partial charge in [0.05, 0.1) is 24.0 Å². The van der Waals surface area contributed by atoms with Gasteiger partial charge >= 0.3 is 12.3 Å². The van der Waals surface area contributed by atoms with Crippen LogP contribution in [0.5, 0.6) is 5.75 Å². The first-order chi connectivity index (χ1) is 19.3. The summed E-state index contributed by atoms with van der Waals surface area (Å²) in [5.41, 5.74) is 2.93. The normalized spacial score (nSPS) is 17.1. The first-order valence-corrected chi connectivity index (χ1v) is 13.1. The summed E-state index contributed by atoms with van der Waals surface area (Å²) in [5, 5.41) is 7.31. The van der Waals surface area contributed by atoms with Crippen molar-refractivity contribution in [1.82, 2.24) is 20.2 Å². The van der Waals surface area contributed by atoms with Crippen molar-refractivity contribution in [3.8, 4) is 5.75 Å². The zero-order valence-corrected chi connectivity index (χ0v) is 23.1. The Morgan fingerprint density at radius 2 is 2.00 bits per heavy atom. The van der Waals surface area contributed by atoms with Gasteiger partial charge in [-0.3, -0.25) is 10.3 Å². The molecule has 4 rings (SSSR count). The molecule has 1 aromatic carbocycles. The molecule has 0 radical (unpaired) electrons. The number of amides is 1. The maximum Gasteiger partial charge on any atom is 0.408 e. The van der Waals surface area contributed by atoms with Gasteiger partial charge in [-0.1, -0.05) is 12.1 Å². The fourth-order valence-corrected chi connectivity index (χ4v) is 4.50. The van der Waals surface area contributed by atoms with Gasteiger partial charge in [0.15, 0.2) is 11.6 Å². The summed E-state index contributed by atoms with van der Waals surface area (Å²) in [4.78, 5) is 21.8. The lowest BCUT2D eigenvalue weighted by Gasteiger charge is -2.30. The zero-order chi connectivity index (χ0) is 29.8. The molecule has 2 atom stereocenters. The molecule has 0 bridgehead atoms. The number of nitrogens with zero attached hydrogens (tertiary/aromatic N) is 4. The fraction of sp³-hybridized carbons (Fsp3) is 0.429. The van der Waals surface area contributed by atoms with Gasteiger partial charge in [0.2, 0.25) is 0 Å². The molecule has 1 aliphatic heterocycles. The lowest BCUT2D eigenvalue weighted by Crippen LogP contribution is -2.42. The number of carbonyl (C=O) groups is 1. The van der Waals surface area contributed by atoms with Gasteiger partial charge in [-0.15, -0.1) is 0 Å². The van der Waals surface area contributed by atoms with E-state index in [9.17, 15) is 22.4 Å². The van der Waals surface area contributed by atoms with Gasteiger partial charge in [0.25, 0.3) is 0 Å². The van der Waals surface area contributed by atoms with E-state index in [2.05, 4.69) is 25.8 Å². The van der Waals surface area contributed by atoms with Crippen molar-refractivity contribution in [2.45, 2.75) is 58.0 Å². The average Bonchev–Trinajstić information content (AvgIpc) is 3.31. The van der Waals surface area contributed by atoms with Gasteiger partial charge in [0.1, 0.15) is 17.5 Å². The molecule has 0 aliphatic carbocycles. The van der Waals surface area contributed by atoms with Gasteiger partial charge in [-0.2, -0.15) is 18.3 Å².